The number of rotatable bonds is 4. The zero-order valence-electron chi connectivity index (χ0n) is 13.5. The number of nitrogens with zero attached hydrogens (tertiary/aromatic N) is 2. The van der Waals surface area contributed by atoms with Gasteiger partial charge >= 0.3 is 5.97 Å². The second-order valence-corrected chi connectivity index (χ2v) is 6.83. The number of fused-ring (bicyclic) bond motifs is 2. The molecule has 0 radical (unpaired) electrons. The number of amides is 1. The number of aromatic amines is 1. The predicted octanol–water partition coefficient (Wildman–Crippen LogP) is 2.86. The SMILES string of the molecule is CCOC(=O)[C@H]1CCc2sc(NC(=O)c3n[nH]c4ccccc34)nc21. The van der Waals surface area contributed by atoms with E-state index < -0.39 is 0 Å². The third-order valence-corrected chi connectivity index (χ3v) is 5.24. The summed E-state index contributed by atoms with van der Waals surface area (Å²) in [5.41, 5.74) is 1.86. The van der Waals surface area contributed by atoms with E-state index in [4.69, 9.17) is 4.74 Å². The number of carbonyl (C=O) groups is 2. The number of hydrogen-bond donors (Lipinski definition) is 2. The van der Waals surface area contributed by atoms with Gasteiger partial charge < -0.3 is 4.74 Å². The summed E-state index contributed by atoms with van der Waals surface area (Å²) in [6, 6.07) is 7.44. The molecule has 128 valence electrons. The number of benzene rings is 1. The summed E-state index contributed by atoms with van der Waals surface area (Å²) in [7, 11) is 0. The first-order valence-corrected chi connectivity index (χ1v) is 8.89. The average molecular weight is 356 g/mol. The van der Waals surface area contributed by atoms with Crippen molar-refractivity contribution in [2.75, 3.05) is 11.9 Å². The highest BCUT2D eigenvalue weighted by atomic mass is 32.1. The van der Waals surface area contributed by atoms with Crippen LogP contribution in [0.25, 0.3) is 10.9 Å². The van der Waals surface area contributed by atoms with E-state index in [9.17, 15) is 9.59 Å². The number of anilines is 1. The molecule has 4 rings (SSSR count). The highest BCUT2D eigenvalue weighted by Crippen LogP contribution is 2.39. The van der Waals surface area contributed by atoms with E-state index in [2.05, 4.69) is 20.5 Å². The fourth-order valence-electron chi connectivity index (χ4n) is 3.05. The van der Waals surface area contributed by atoms with Crippen molar-refractivity contribution in [3.05, 3.63) is 40.5 Å². The largest absolute Gasteiger partial charge is 0.465 e. The predicted molar refractivity (Wildman–Crippen MR) is 93.9 cm³/mol. The minimum absolute atomic E-state index is 0.247. The second kappa shape index (κ2) is 6.29. The Morgan fingerprint density at radius 1 is 1.40 bits per heavy atom. The molecule has 8 heteroatoms. The molecule has 0 fully saturated rings. The maximum atomic E-state index is 12.5. The summed E-state index contributed by atoms with van der Waals surface area (Å²) in [5, 5.41) is 11.0. The van der Waals surface area contributed by atoms with Gasteiger partial charge in [0.1, 0.15) is 5.92 Å². The molecule has 0 bridgehead atoms. The molecule has 25 heavy (non-hydrogen) atoms. The summed E-state index contributed by atoms with van der Waals surface area (Å²) in [6.45, 7) is 2.14. The van der Waals surface area contributed by atoms with Gasteiger partial charge in [0.15, 0.2) is 10.8 Å². The highest BCUT2D eigenvalue weighted by molar-refractivity contribution is 7.16. The number of hydrogen-bond acceptors (Lipinski definition) is 6. The van der Waals surface area contributed by atoms with Gasteiger partial charge in [-0.25, -0.2) is 4.98 Å². The molecule has 1 aliphatic rings. The topological polar surface area (TPSA) is 97.0 Å². The number of H-pyrrole nitrogens is 1. The molecule has 2 N–H and O–H groups in total. The molecular weight excluding hydrogens is 340 g/mol. The van der Waals surface area contributed by atoms with E-state index in [-0.39, 0.29) is 17.8 Å². The van der Waals surface area contributed by atoms with Crippen LogP contribution in [0.15, 0.2) is 24.3 Å². The van der Waals surface area contributed by atoms with Crippen LogP contribution in [0, 0.1) is 0 Å². The summed E-state index contributed by atoms with van der Waals surface area (Å²) in [6.07, 6.45) is 1.49. The summed E-state index contributed by atoms with van der Waals surface area (Å²) >= 11 is 1.40. The van der Waals surface area contributed by atoms with Gasteiger partial charge in [-0.3, -0.25) is 20.0 Å². The molecule has 7 nitrogen and oxygen atoms in total. The Bertz CT molecular complexity index is 962. The smallest absolute Gasteiger partial charge is 0.315 e. The third kappa shape index (κ3) is 2.78. The van der Waals surface area contributed by atoms with Gasteiger partial charge in [0.05, 0.1) is 17.8 Å². The molecular formula is C17H16N4O3S. The van der Waals surface area contributed by atoms with Crippen molar-refractivity contribution in [3.63, 3.8) is 0 Å². The van der Waals surface area contributed by atoms with Gasteiger partial charge in [-0.15, -0.1) is 11.3 Å². The third-order valence-electron chi connectivity index (χ3n) is 4.19. The number of nitrogens with one attached hydrogen (secondary N) is 2. The average Bonchev–Trinajstić information content (AvgIpc) is 3.27. The second-order valence-electron chi connectivity index (χ2n) is 5.74. The lowest BCUT2D eigenvalue weighted by Gasteiger charge is -2.07. The molecule has 0 saturated carbocycles. The molecule has 1 aliphatic carbocycles. The van der Waals surface area contributed by atoms with Crippen LogP contribution in [0.4, 0.5) is 5.13 Å². The standard InChI is InChI=1S/C17H16N4O3S/c1-2-24-16(23)10-7-8-12-13(10)18-17(25-12)19-15(22)14-9-5-3-4-6-11(9)20-21-14/h3-6,10H,2,7-8H2,1H3,(H,20,21)(H,18,19,22)/t10-/m0/s1. The zero-order chi connectivity index (χ0) is 17.4. The Kier molecular flexibility index (Phi) is 3.96. The normalized spacial score (nSPS) is 16.0. The Morgan fingerprint density at radius 3 is 3.08 bits per heavy atom. The first-order chi connectivity index (χ1) is 12.2. The van der Waals surface area contributed by atoms with Crippen molar-refractivity contribution in [2.45, 2.75) is 25.7 Å². The lowest BCUT2D eigenvalue weighted by Crippen LogP contribution is -2.15. The lowest BCUT2D eigenvalue weighted by atomic mass is 10.1. The van der Waals surface area contributed by atoms with E-state index in [1.807, 2.05) is 24.3 Å². The van der Waals surface area contributed by atoms with Gasteiger partial charge in [-0.1, -0.05) is 18.2 Å². The minimum Gasteiger partial charge on any atom is -0.465 e. The van der Waals surface area contributed by atoms with Crippen molar-refractivity contribution >= 4 is 39.2 Å². The number of para-hydroxylation sites is 1. The molecule has 2 aromatic heterocycles. The molecule has 0 unspecified atom stereocenters. The number of thiazole rings is 1. The summed E-state index contributed by atoms with van der Waals surface area (Å²) in [4.78, 5) is 30.0. The highest BCUT2D eigenvalue weighted by Gasteiger charge is 2.34. The first-order valence-electron chi connectivity index (χ1n) is 8.08. The van der Waals surface area contributed by atoms with Gasteiger partial charge in [-0.05, 0) is 25.8 Å². The Labute approximate surface area is 147 Å². The van der Waals surface area contributed by atoms with Crippen LogP contribution in [0.1, 0.15) is 40.3 Å². The van der Waals surface area contributed by atoms with Crippen LogP contribution in [0.5, 0.6) is 0 Å². The molecule has 0 saturated heterocycles. The van der Waals surface area contributed by atoms with E-state index >= 15 is 0 Å². The van der Waals surface area contributed by atoms with Gasteiger partial charge in [0.25, 0.3) is 5.91 Å². The minimum atomic E-state index is -0.330. The van der Waals surface area contributed by atoms with Gasteiger partial charge in [0.2, 0.25) is 0 Å². The van der Waals surface area contributed by atoms with E-state index in [0.717, 1.165) is 27.9 Å². The number of esters is 1. The molecule has 0 spiro atoms. The van der Waals surface area contributed by atoms with Crippen LogP contribution >= 0.6 is 11.3 Å². The number of carbonyl (C=O) groups excluding carboxylic acids is 2. The van der Waals surface area contributed by atoms with Crippen LogP contribution in [0.3, 0.4) is 0 Å². The molecule has 3 aromatic rings. The number of ether oxygens (including phenoxy) is 1. The van der Waals surface area contributed by atoms with Crippen molar-refractivity contribution < 1.29 is 14.3 Å². The molecule has 0 aliphatic heterocycles. The molecule has 1 atom stereocenters. The molecule has 1 aromatic carbocycles. The maximum absolute atomic E-state index is 12.5. The van der Waals surface area contributed by atoms with Crippen LogP contribution < -0.4 is 5.32 Å². The lowest BCUT2D eigenvalue weighted by molar-refractivity contribution is -0.145. The fraction of sp³-hybridized carbons (Fsp3) is 0.294. The maximum Gasteiger partial charge on any atom is 0.315 e. The van der Waals surface area contributed by atoms with Crippen molar-refractivity contribution in [1.29, 1.82) is 0 Å². The summed E-state index contributed by atoms with van der Waals surface area (Å²) < 4.78 is 5.10. The van der Waals surface area contributed by atoms with Gasteiger partial charge in [0, 0.05) is 10.3 Å². The van der Waals surface area contributed by atoms with Crippen molar-refractivity contribution in [2.24, 2.45) is 0 Å². The monoisotopic (exact) mass is 356 g/mol. The molecule has 1 amide bonds. The van der Waals surface area contributed by atoms with Crippen molar-refractivity contribution in [3.8, 4) is 0 Å². The van der Waals surface area contributed by atoms with E-state index in [1.165, 1.54) is 11.3 Å². The fourth-order valence-corrected chi connectivity index (χ4v) is 4.08. The van der Waals surface area contributed by atoms with Crippen LogP contribution in [0.2, 0.25) is 0 Å². The Morgan fingerprint density at radius 2 is 2.24 bits per heavy atom. The van der Waals surface area contributed by atoms with Crippen LogP contribution in [-0.4, -0.2) is 33.7 Å². The number of aromatic nitrogens is 3. The van der Waals surface area contributed by atoms with Crippen molar-refractivity contribution in [1.82, 2.24) is 15.2 Å². The summed E-state index contributed by atoms with van der Waals surface area (Å²) in [5.74, 6) is -0.900. The Balaban J connectivity index is 1.55. The van der Waals surface area contributed by atoms with Gasteiger partial charge in [-0.2, -0.15) is 5.10 Å². The molecule has 2 heterocycles. The zero-order valence-corrected chi connectivity index (χ0v) is 14.4. The first kappa shape index (κ1) is 15.8. The Hall–Kier alpha value is -2.74. The number of aryl methyl sites for hydroxylation is 1. The van der Waals surface area contributed by atoms with E-state index in [1.54, 1.807) is 6.92 Å². The van der Waals surface area contributed by atoms with Crippen LogP contribution in [-0.2, 0) is 16.0 Å². The quantitative estimate of drug-likeness (QED) is 0.701. The van der Waals surface area contributed by atoms with E-state index in [0.29, 0.717) is 23.9 Å².